The number of Topliss-reactive ketones (excluding diaryl/α,β-unsaturated/α-hetero) is 1. The molecule has 0 spiro atoms. The Balaban J connectivity index is 2.00. The molecule has 1 unspecified atom stereocenters. The van der Waals surface area contributed by atoms with Crippen molar-refractivity contribution in [1.82, 2.24) is 18.7 Å². The van der Waals surface area contributed by atoms with E-state index in [1.54, 1.807) is 7.05 Å². The van der Waals surface area contributed by atoms with Crippen LogP contribution in [0.2, 0.25) is 0 Å². The highest BCUT2D eigenvalue weighted by molar-refractivity contribution is 9.10. The summed E-state index contributed by atoms with van der Waals surface area (Å²) in [5.41, 5.74) is 0.636. The summed E-state index contributed by atoms with van der Waals surface area (Å²) >= 11 is 3.45. The molecule has 146 valence electrons. The maximum Gasteiger partial charge on any atom is 0.332 e. The molecule has 1 aromatic carbocycles. The predicted molar refractivity (Wildman–Crippen MR) is 110 cm³/mol. The molecular weight excluding hydrogens is 426 g/mol. The Morgan fingerprint density at radius 1 is 1.21 bits per heavy atom. The highest BCUT2D eigenvalue weighted by Gasteiger charge is 2.29. The average molecular weight is 446 g/mol. The summed E-state index contributed by atoms with van der Waals surface area (Å²) in [7, 11) is 1.58. The summed E-state index contributed by atoms with van der Waals surface area (Å²) < 4.78 is 5.17. The number of anilines is 2. The van der Waals surface area contributed by atoms with Gasteiger partial charge in [0.2, 0.25) is 5.95 Å². The maximum absolute atomic E-state index is 13.1. The van der Waals surface area contributed by atoms with Crippen LogP contribution in [0.3, 0.4) is 0 Å². The summed E-state index contributed by atoms with van der Waals surface area (Å²) in [5, 5.41) is 0. The highest BCUT2D eigenvalue weighted by Crippen LogP contribution is 2.33. The van der Waals surface area contributed by atoms with E-state index < -0.39 is 11.2 Å². The Kier molecular flexibility index (Phi) is 4.49. The van der Waals surface area contributed by atoms with E-state index >= 15 is 0 Å². The van der Waals surface area contributed by atoms with E-state index in [0.29, 0.717) is 23.7 Å². The fraction of sp³-hybridized carbons (Fsp3) is 0.368. The van der Waals surface area contributed by atoms with E-state index in [4.69, 9.17) is 0 Å². The summed E-state index contributed by atoms with van der Waals surface area (Å²) in [4.78, 5) is 44.0. The van der Waals surface area contributed by atoms with Gasteiger partial charge < -0.3 is 9.47 Å². The van der Waals surface area contributed by atoms with Crippen LogP contribution < -0.4 is 16.1 Å². The van der Waals surface area contributed by atoms with Crippen LogP contribution in [-0.2, 0) is 24.9 Å². The van der Waals surface area contributed by atoms with Crippen LogP contribution in [0.1, 0.15) is 13.8 Å². The van der Waals surface area contributed by atoms with E-state index in [1.807, 2.05) is 28.8 Å². The van der Waals surface area contributed by atoms with Crippen LogP contribution in [0.4, 0.5) is 11.6 Å². The lowest BCUT2D eigenvalue weighted by Gasteiger charge is -2.33. The van der Waals surface area contributed by atoms with Crippen LogP contribution >= 0.6 is 15.9 Å². The van der Waals surface area contributed by atoms with Gasteiger partial charge in [0.05, 0.1) is 6.54 Å². The number of ketones is 1. The lowest BCUT2D eigenvalue weighted by Crippen LogP contribution is -2.41. The SMILES string of the molecule is CC(=O)Cn1c(=O)c2c(nc3n2CC(C)CN3c2ccc(Br)cc2)n(C)c1=O. The number of imidazole rings is 1. The van der Waals surface area contributed by atoms with Crippen molar-refractivity contribution >= 4 is 44.5 Å². The minimum atomic E-state index is -0.536. The van der Waals surface area contributed by atoms with Crippen LogP contribution in [-0.4, -0.2) is 31.0 Å². The molecule has 1 atom stereocenters. The Morgan fingerprint density at radius 2 is 1.89 bits per heavy atom. The first-order valence-corrected chi connectivity index (χ1v) is 9.80. The van der Waals surface area contributed by atoms with Crippen molar-refractivity contribution in [2.24, 2.45) is 13.0 Å². The van der Waals surface area contributed by atoms with Crippen LogP contribution in [0, 0.1) is 5.92 Å². The standard InChI is InChI=1S/C19H20BrN5O3/c1-11-8-23(14-6-4-13(20)5-7-14)18-21-16-15(24(18)9-11)17(27)25(10-12(2)26)19(28)22(16)3/h4-7,11H,8-10H2,1-3H3. The Bertz CT molecular complexity index is 1210. The third-order valence-corrected chi connectivity index (χ3v) is 5.49. The lowest BCUT2D eigenvalue weighted by molar-refractivity contribution is -0.117. The predicted octanol–water partition coefficient (Wildman–Crippen LogP) is 2.04. The van der Waals surface area contributed by atoms with Crippen molar-refractivity contribution in [3.05, 3.63) is 49.6 Å². The number of hydrogen-bond donors (Lipinski definition) is 0. The van der Waals surface area contributed by atoms with Crippen LogP contribution in [0.15, 0.2) is 38.3 Å². The number of rotatable bonds is 3. The molecule has 4 rings (SSSR count). The van der Waals surface area contributed by atoms with Gasteiger partial charge in [-0.25, -0.2) is 4.79 Å². The molecule has 0 radical (unpaired) electrons. The molecule has 1 aliphatic rings. The minimum Gasteiger partial charge on any atom is -0.312 e. The number of aryl methyl sites for hydroxylation is 1. The number of nitrogens with zero attached hydrogens (tertiary/aromatic N) is 5. The smallest absolute Gasteiger partial charge is 0.312 e. The maximum atomic E-state index is 13.1. The summed E-state index contributed by atoms with van der Waals surface area (Å²) in [6.45, 7) is 4.59. The highest BCUT2D eigenvalue weighted by atomic mass is 79.9. The van der Waals surface area contributed by atoms with Gasteiger partial charge in [-0.3, -0.25) is 18.7 Å². The van der Waals surface area contributed by atoms with Crippen molar-refractivity contribution < 1.29 is 4.79 Å². The van der Waals surface area contributed by atoms with Crippen LogP contribution in [0.5, 0.6) is 0 Å². The lowest BCUT2D eigenvalue weighted by atomic mass is 10.1. The van der Waals surface area contributed by atoms with Crippen molar-refractivity contribution in [3.63, 3.8) is 0 Å². The number of carbonyl (C=O) groups is 1. The Hall–Kier alpha value is -2.68. The third-order valence-electron chi connectivity index (χ3n) is 4.96. The first-order chi connectivity index (χ1) is 13.3. The molecule has 0 saturated carbocycles. The average Bonchev–Trinajstić information content (AvgIpc) is 3.03. The van der Waals surface area contributed by atoms with E-state index in [1.165, 1.54) is 11.5 Å². The van der Waals surface area contributed by atoms with Crippen molar-refractivity contribution in [2.75, 3.05) is 11.4 Å². The number of hydrogen-bond acceptors (Lipinski definition) is 5. The third kappa shape index (κ3) is 2.90. The van der Waals surface area contributed by atoms with Gasteiger partial charge in [0.15, 0.2) is 11.2 Å². The second-order valence-electron chi connectivity index (χ2n) is 7.32. The fourth-order valence-corrected chi connectivity index (χ4v) is 3.97. The molecule has 0 aliphatic carbocycles. The number of carbonyl (C=O) groups excluding carboxylic acids is 1. The fourth-order valence-electron chi connectivity index (χ4n) is 3.71. The van der Waals surface area contributed by atoms with Gasteiger partial charge in [-0.1, -0.05) is 22.9 Å². The van der Waals surface area contributed by atoms with Gasteiger partial charge in [0.1, 0.15) is 5.78 Å². The number of fused-ring (bicyclic) bond motifs is 3. The number of benzene rings is 1. The van der Waals surface area contributed by atoms with Crippen molar-refractivity contribution in [1.29, 1.82) is 0 Å². The van der Waals surface area contributed by atoms with E-state index in [-0.39, 0.29) is 18.2 Å². The van der Waals surface area contributed by atoms with Gasteiger partial charge in [0, 0.05) is 30.3 Å². The molecule has 0 saturated heterocycles. The zero-order valence-corrected chi connectivity index (χ0v) is 17.4. The number of aromatic nitrogens is 4. The molecule has 8 nitrogen and oxygen atoms in total. The quantitative estimate of drug-likeness (QED) is 0.615. The van der Waals surface area contributed by atoms with E-state index in [9.17, 15) is 14.4 Å². The molecule has 0 fully saturated rings. The minimum absolute atomic E-state index is 0.242. The first kappa shape index (κ1) is 18.7. The largest absolute Gasteiger partial charge is 0.332 e. The second-order valence-corrected chi connectivity index (χ2v) is 8.24. The van der Waals surface area contributed by atoms with E-state index in [0.717, 1.165) is 21.3 Å². The zero-order valence-electron chi connectivity index (χ0n) is 15.8. The summed E-state index contributed by atoms with van der Waals surface area (Å²) in [5.74, 6) is 0.649. The molecule has 1 aliphatic heterocycles. The van der Waals surface area contributed by atoms with Crippen LogP contribution in [0.25, 0.3) is 11.2 Å². The molecule has 0 amide bonds. The number of halogens is 1. The molecular formula is C19H20BrN5O3. The molecule has 28 heavy (non-hydrogen) atoms. The zero-order chi connectivity index (χ0) is 20.2. The first-order valence-electron chi connectivity index (χ1n) is 9.00. The summed E-state index contributed by atoms with van der Waals surface area (Å²) in [6, 6.07) is 7.88. The van der Waals surface area contributed by atoms with Crippen molar-refractivity contribution in [2.45, 2.75) is 26.9 Å². The van der Waals surface area contributed by atoms with Gasteiger partial charge in [-0.05, 0) is 37.1 Å². The van der Waals surface area contributed by atoms with Gasteiger partial charge in [-0.2, -0.15) is 4.98 Å². The van der Waals surface area contributed by atoms with Crippen molar-refractivity contribution in [3.8, 4) is 0 Å². The molecule has 9 heteroatoms. The molecule has 3 aromatic rings. The monoisotopic (exact) mass is 445 g/mol. The Labute approximate surface area is 169 Å². The molecule has 3 heterocycles. The molecule has 0 bridgehead atoms. The van der Waals surface area contributed by atoms with Gasteiger partial charge in [-0.15, -0.1) is 0 Å². The molecule has 2 aromatic heterocycles. The summed E-state index contributed by atoms with van der Waals surface area (Å²) in [6.07, 6.45) is 0. The molecule has 0 N–H and O–H groups in total. The topological polar surface area (TPSA) is 82.1 Å². The Morgan fingerprint density at radius 3 is 2.54 bits per heavy atom. The normalized spacial score (nSPS) is 16.4. The second kappa shape index (κ2) is 6.73. The van der Waals surface area contributed by atoms with E-state index in [2.05, 4.69) is 32.7 Å². The van der Waals surface area contributed by atoms with Gasteiger partial charge in [0.25, 0.3) is 5.56 Å². The van der Waals surface area contributed by atoms with Gasteiger partial charge >= 0.3 is 5.69 Å².